The van der Waals surface area contributed by atoms with Crippen LogP contribution in [-0.4, -0.2) is 4.98 Å². The summed E-state index contributed by atoms with van der Waals surface area (Å²) in [5, 5.41) is 0. The van der Waals surface area contributed by atoms with Crippen molar-refractivity contribution in [2.75, 3.05) is 0 Å². The van der Waals surface area contributed by atoms with Gasteiger partial charge in [-0.3, -0.25) is 4.79 Å². The summed E-state index contributed by atoms with van der Waals surface area (Å²) in [7, 11) is 0. The van der Waals surface area contributed by atoms with Crippen LogP contribution in [0.15, 0.2) is 41.3 Å². The number of aromatic nitrogens is 1. The van der Waals surface area contributed by atoms with Gasteiger partial charge in [-0.15, -0.1) is 0 Å². The first kappa shape index (κ1) is 9.02. The third-order valence-corrected chi connectivity index (χ3v) is 2.50. The first-order valence-corrected chi connectivity index (χ1v) is 5.01. The largest absolute Gasteiger partial charge is 0.488 e. The number of para-hydroxylation sites is 1. The third kappa shape index (κ3) is 2.23. The molecule has 0 fully saturated rings. The van der Waals surface area contributed by atoms with Crippen molar-refractivity contribution in [3.63, 3.8) is 0 Å². The zero-order chi connectivity index (χ0) is 9.80. The van der Waals surface area contributed by atoms with Gasteiger partial charge in [0.25, 0.3) is 0 Å². The SMILES string of the molecule is O=c1[nH]cc(COc2ccccc2)s1. The number of aromatic amines is 1. The smallest absolute Gasteiger partial charge is 0.304 e. The van der Waals surface area contributed by atoms with E-state index in [1.54, 1.807) is 6.20 Å². The van der Waals surface area contributed by atoms with Gasteiger partial charge in [-0.2, -0.15) is 0 Å². The Morgan fingerprint density at radius 1 is 1.29 bits per heavy atom. The summed E-state index contributed by atoms with van der Waals surface area (Å²) in [6, 6.07) is 9.52. The predicted octanol–water partition coefficient (Wildman–Crippen LogP) is 2.02. The van der Waals surface area contributed by atoms with E-state index < -0.39 is 0 Å². The van der Waals surface area contributed by atoms with Gasteiger partial charge in [-0.05, 0) is 12.1 Å². The molecular formula is C10H9NO2S. The zero-order valence-electron chi connectivity index (χ0n) is 7.40. The van der Waals surface area contributed by atoms with Crippen LogP contribution in [0.4, 0.5) is 0 Å². The number of thiazole rings is 1. The lowest BCUT2D eigenvalue weighted by atomic mass is 10.3. The highest BCUT2D eigenvalue weighted by Crippen LogP contribution is 2.11. The molecule has 2 rings (SSSR count). The molecule has 0 radical (unpaired) electrons. The topological polar surface area (TPSA) is 42.1 Å². The average molecular weight is 207 g/mol. The molecule has 0 aliphatic rings. The van der Waals surface area contributed by atoms with Crippen LogP contribution in [0.3, 0.4) is 0 Å². The van der Waals surface area contributed by atoms with Crippen molar-refractivity contribution in [1.82, 2.24) is 4.98 Å². The molecule has 0 bridgehead atoms. The maximum atomic E-state index is 10.8. The summed E-state index contributed by atoms with van der Waals surface area (Å²) in [5.41, 5.74) is 0. The van der Waals surface area contributed by atoms with Gasteiger partial charge in [0.15, 0.2) is 0 Å². The monoisotopic (exact) mass is 207 g/mol. The van der Waals surface area contributed by atoms with Crippen molar-refractivity contribution >= 4 is 11.3 Å². The van der Waals surface area contributed by atoms with Gasteiger partial charge in [0.05, 0.1) is 4.88 Å². The summed E-state index contributed by atoms with van der Waals surface area (Å²) in [5.74, 6) is 0.813. The van der Waals surface area contributed by atoms with Crippen LogP contribution in [0.5, 0.6) is 5.75 Å². The lowest BCUT2D eigenvalue weighted by Gasteiger charge is -2.02. The van der Waals surface area contributed by atoms with E-state index in [0.717, 1.165) is 10.6 Å². The molecule has 0 spiro atoms. The fourth-order valence-electron chi connectivity index (χ4n) is 1.06. The molecule has 1 N–H and O–H groups in total. The van der Waals surface area contributed by atoms with Gasteiger partial charge in [0.1, 0.15) is 12.4 Å². The molecule has 0 aliphatic carbocycles. The minimum atomic E-state index is -0.0448. The molecule has 4 heteroatoms. The summed E-state index contributed by atoms with van der Waals surface area (Å²) in [6.45, 7) is 0.438. The zero-order valence-corrected chi connectivity index (χ0v) is 8.21. The van der Waals surface area contributed by atoms with Crippen molar-refractivity contribution in [2.24, 2.45) is 0 Å². The highest BCUT2D eigenvalue weighted by Gasteiger charge is 1.97. The Hall–Kier alpha value is -1.55. The number of hydrogen-bond donors (Lipinski definition) is 1. The first-order valence-electron chi connectivity index (χ1n) is 4.20. The van der Waals surface area contributed by atoms with Crippen LogP contribution in [-0.2, 0) is 6.61 Å². The first-order chi connectivity index (χ1) is 6.84. The number of nitrogens with one attached hydrogen (secondary N) is 1. The van der Waals surface area contributed by atoms with E-state index in [2.05, 4.69) is 4.98 Å². The Kier molecular flexibility index (Phi) is 2.65. The molecule has 14 heavy (non-hydrogen) atoms. The molecule has 0 saturated carbocycles. The minimum Gasteiger partial charge on any atom is -0.488 e. The second-order valence-corrected chi connectivity index (χ2v) is 3.85. The summed E-state index contributed by atoms with van der Waals surface area (Å²) in [6.07, 6.45) is 1.68. The van der Waals surface area contributed by atoms with E-state index in [1.165, 1.54) is 11.3 Å². The van der Waals surface area contributed by atoms with Crippen LogP contribution in [0.1, 0.15) is 4.88 Å². The Morgan fingerprint density at radius 2 is 2.07 bits per heavy atom. The highest BCUT2D eigenvalue weighted by atomic mass is 32.1. The molecule has 0 saturated heterocycles. The van der Waals surface area contributed by atoms with E-state index >= 15 is 0 Å². The molecule has 0 amide bonds. The maximum absolute atomic E-state index is 10.8. The van der Waals surface area contributed by atoms with Crippen molar-refractivity contribution in [3.8, 4) is 5.75 Å². The minimum absolute atomic E-state index is 0.0448. The van der Waals surface area contributed by atoms with Crippen molar-refractivity contribution in [2.45, 2.75) is 6.61 Å². The quantitative estimate of drug-likeness (QED) is 0.836. The van der Waals surface area contributed by atoms with E-state index in [1.807, 2.05) is 30.3 Å². The fourth-order valence-corrected chi connectivity index (χ4v) is 1.65. The van der Waals surface area contributed by atoms with Gasteiger partial charge >= 0.3 is 4.87 Å². The van der Waals surface area contributed by atoms with E-state index in [9.17, 15) is 4.79 Å². The second-order valence-electron chi connectivity index (χ2n) is 2.75. The Balaban J connectivity index is 1.98. The molecule has 2 aromatic rings. The average Bonchev–Trinajstić information content (AvgIpc) is 2.63. The van der Waals surface area contributed by atoms with Crippen LogP contribution in [0.25, 0.3) is 0 Å². The lowest BCUT2D eigenvalue weighted by molar-refractivity contribution is 0.309. The fraction of sp³-hybridized carbons (Fsp3) is 0.100. The van der Waals surface area contributed by atoms with Crippen molar-refractivity contribution < 1.29 is 4.74 Å². The van der Waals surface area contributed by atoms with Crippen LogP contribution in [0.2, 0.25) is 0 Å². The molecule has 0 unspecified atom stereocenters. The number of hydrogen-bond acceptors (Lipinski definition) is 3. The summed E-state index contributed by atoms with van der Waals surface area (Å²) in [4.78, 5) is 14.3. The molecule has 1 heterocycles. The van der Waals surface area contributed by atoms with Crippen molar-refractivity contribution in [3.05, 3.63) is 51.1 Å². The van der Waals surface area contributed by atoms with Gasteiger partial charge in [0.2, 0.25) is 0 Å². The molecule has 0 atom stereocenters. The molecule has 3 nitrogen and oxygen atoms in total. The van der Waals surface area contributed by atoms with Crippen LogP contribution >= 0.6 is 11.3 Å². The predicted molar refractivity (Wildman–Crippen MR) is 55.7 cm³/mol. The second kappa shape index (κ2) is 4.11. The summed E-state index contributed by atoms with van der Waals surface area (Å²) < 4.78 is 5.46. The molecule has 0 aliphatic heterocycles. The van der Waals surface area contributed by atoms with Crippen molar-refractivity contribution in [1.29, 1.82) is 0 Å². The Morgan fingerprint density at radius 3 is 2.71 bits per heavy atom. The third-order valence-electron chi connectivity index (χ3n) is 1.70. The van der Waals surface area contributed by atoms with E-state index in [0.29, 0.717) is 6.61 Å². The Bertz CT molecular complexity index is 446. The molecule has 1 aromatic heterocycles. The molecular weight excluding hydrogens is 198 g/mol. The van der Waals surface area contributed by atoms with E-state index in [-0.39, 0.29) is 4.87 Å². The van der Waals surface area contributed by atoms with Gasteiger partial charge in [-0.25, -0.2) is 0 Å². The normalized spacial score (nSPS) is 10.0. The molecule has 1 aromatic carbocycles. The maximum Gasteiger partial charge on any atom is 0.304 e. The summed E-state index contributed by atoms with van der Waals surface area (Å²) >= 11 is 1.17. The standard InChI is InChI=1S/C10H9NO2S/c12-10-11-6-9(14-10)7-13-8-4-2-1-3-5-8/h1-6H,7H2,(H,11,12). The number of H-pyrrole nitrogens is 1. The molecule has 72 valence electrons. The number of benzene rings is 1. The van der Waals surface area contributed by atoms with Gasteiger partial charge in [-0.1, -0.05) is 29.5 Å². The number of ether oxygens (including phenoxy) is 1. The number of rotatable bonds is 3. The van der Waals surface area contributed by atoms with Gasteiger partial charge in [0, 0.05) is 6.20 Å². The highest BCUT2D eigenvalue weighted by molar-refractivity contribution is 7.09. The van der Waals surface area contributed by atoms with E-state index in [4.69, 9.17) is 4.74 Å². The lowest BCUT2D eigenvalue weighted by Crippen LogP contribution is -1.92. The van der Waals surface area contributed by atoms with Gasteiger partial charge < -0.3 is 9.72 Å². The Labute approximate surface area is 85.0 Å². The van der Waals surface area contributed by atoms with Crippen LogP contribution in [0, 0.1) is 0 Å². The van der Waals surface area contributed by atoms with Crippen LogP contribution < -0.4 is 9.61 Å².